The van der Waals surface area contributed by atoms with Crippen LogP contribution in [0.25, 0.3) is 0 Å². The molecule has 1 heterocycles. The third-order valence-electron chi connectivity index (χ3n) is 4.09. The lowest BCUT2D eigenvalue weighted by molar-refractivity contribution is 0.0983. The molecule has 0 aliphatic carbocycles. The predicted octanol–water partition coefficient (Wildman–Crippen LogP) is 2.24. The topological polar surface area (TPSA) is 55.4 Å². The molecular weight excluding hydrogens is 286 g/mol. The molecule has 5 heteroatoms. The molecule has 2 rings (SSSR count). The molecule has 0 saturated carbocycles. The molecule has 0 spiro atoms. The zero-order valence-electron chi connectivity index (χ0n) is 12.8. The number of ether oxygens (including phenoxy) is 1. The average Bonchev–Trinajstić information content (AvgIpc) is 2.48. The van der Waals surface area contributed by atoms with Crippen molar-refractivity contribution >= 4 is 9.84 Å². The van der Waals surface area contributed by atoms with Gasteiger partial charge in [0.15, 0.2) is 9.84 Å². The van der Waals surface area contributed by atoms with Crippen molar-refractivity contribution in [2.45, 2.75) is 38.0 Å². The SMILES string of the molecule is CCNC(CS(=O)(=O)C1CCOCC1)c1ccccc1C. The standard InChI is InChI=1S/C16H25NO3S/c1-3-17-16(15-7-5-4-6-13(15)2)12-21(18,19)14-8-10-20-11-9-14/h4-7,14,16-17H,3,8-12H2,1-2H3. The Morgan fingerprint density at radius 2 is 1.95 bits per heavy atom. The molecule has 1 saturated heterocycles. The minimum atomic E-state index is -3.11. The van der Waals surface area contributed by atoms with E-state index in [0.717, 1.165) is 17.7 Å². The zero-order valence-corrected chi connectivity index (χ0v) is 13.7. The van der Waals surface area contributed by atoms with Crippen molar-refractivity contribution in [1.82, 2.24) is 5.32 Å². The van der Waals surface area contributed by atoms with Gasteiger partial charge in [0.1, 0.15) is 0 Å². The van der Waals surface area contributed by atoms with Gasteiger partial charge in [0.2, 0.25) is 0 Å². The van der Waals surface area contributed by atoms with E-state index in [1.54, 1.807) is 0 Å². The molecule has 1 unspecified atom stereocenters. The van der Waals surface area contributed by atoms with E-state index in [1.807, 2.05) is 38.1 Å². The highest BCUT2D eigenvalue weighted by atomic mass is 32.2. The summed E-state index contributed by atoms with van der Waals surface area (Å²) in [6.07, 6.45) is 1.24. The molecule has 1 atom stereocenters. The van der Waals surface area contributed by atoms with Crippen molar-refractivity contribution in [3.05, 3.63) is 35.4 Å². The van der Waals surface area contributed by atoms with Crippen LogP contribution in [0.3, 0.4) is 0 Å². The molecule has 1 aliphatic heterocycles. The van der Waals surface area contributed by atoms with Gasteiger partial charge in [0, 0.05) is 19.3 Å². The quantitative estimate of drug-likeness (QED) is 0.875. The van der Waals surface area contributed by atoms with Crippen LogP contribution in [-0.2, 0) is 14.6 Å². The Labute approximate surface area is 127 Å². The molecule has 0 radical (unpaired) electrons. The van der Waals surface area contributed by atoms with Crippen LogP contribution in [0, 0.1) is 6.92 Å². The van der Waals surface area contributed by atoms with E-state index >= 15 is 0 Å². The predicted molar refractivity (Wildman–Crippen MR) is 85.2 cm³/mol. The second-order valence-electron chi connectivity index (χ2n) is 5.61. The summed E-state index contributed by atoms with van der Waals surface area (Å²) in [6, 6.07) is 7.86. The summed E-state index contributed by atoms with van der Waals surface area (Å²) in [5, 5.41) is 3.07. The first-order valence-electron chi connectivity index (χ1n) is 7.63. The molecule has 4 nitrogen and oxygen atoms in total. The second-order valence-corrected chi connectivity index (χ2v) is 7.93. The first kappa shape index (κ1) is 16.5. The van der Waals surface area contributed by atoms with Crippen LogP contribution in [0.2, 0.25) is 0 Å². The maximum Gasteiger partial charge on any atom is 0.155 e. The monoisotopic (exact) mass is 311 g/mol. The lowest BCUT2D eigenvalue weighted by Gasteiger charge is -2.26. The zero-order chi connectivity index (χ0) is 15.3. The number of hydrogen-bond acceptors (Lipinski definition) is 4. The maximum atomic E-state index is 12.7. The van der Waals surface area contributed by atoms with E-state index in [-0.39, 0.29) is 17.0 Å². The minimum absolute atomic E-state index is 0.135. The third kappa shape index (κ3) is 4.28. The van der Waals surface area contributed by atoms with Crippen LogP contribution in [0.5, 0.6) is 0 Å². The van der Waals surface area contributed by atoms with Crippen molar-refractivity contribution in [2.24, 2.45) is 0 Å². The van der Waals surface area contributed by atoms with Crippen LogP contribution < -0.4 is 5.32 Å². The Morgan fingerprint density at radius 3 is 2.57 bits per heavy atom. The molecule has 1 aromatic rings. The normalized spacial score (nSPS) is 18.6. The van der Waals surface area contributed by atoms with Crippen molar-refractivity contribution in [1.29, 1.82) is 0 Å². The van der Waals surface area contributed by atoms with Gasteiger partial charge in [-0.05, 0) is 37.4 Å². The van der Waals surface area contributed by atoms with Crippen molar-refractivity contribution < 1.29 is 13.2 Å². The molecular formula is C16H25NO3S. The van der Waals surface area contributed by atoms with Gasteiger partial charge in [0.25, 0.3) is 0 Å². The van der Waals surface area contributed by atoms with Crippen LogP contribution in [0.15, 0.2) is 24.3 Å². The van der Waals surface area contributed by atoms with Crippen molar-refractivity contribution in [2.75, 3.05) is 25.5 Å². The largest absolute Gasteiger partial charge is 0.381 e. The summed E-state index contributed by atoms with van der Waals surface area (Å²) in [5.41, 5.74) is 2.21. The Bertz CT molecular complexity index is 550. The van der Waals surface area contributed by atoms with E-state index in [9.17, 15) is 8.42 Å². The number of nitrogens with one attached hydrogen (secondary N) is 1. The fourth-order valence-corrected chi connectivity index (χ4v) is 4.83. The summed E-state index contributed by atoms with van der Waals surface area (Å²) in [7, 11) is -3.11. The average molecular weight is 311 g/mol. The maximum absolute atomic E-state index is 12.7. The summed E-state index contributed by atoms with van der Waals surface area (Å²) < 4.78 is 30.6. The van der Waals surface area contributed by atoms with Crippen molar-refractivity contribution in [3.63, 3.8) is 0 Å². The molecule has 1 aliphatic rings. The number of sulfone groups is 1. The van der Waals surface area contributed by atoms with Crippen LogP contribution in [0.1, 0.15) is 36.9 Å². The highest BCUT2D eigenvalue weighted by molar-refractivity contribution is 7.92. The molecule has 1 N–H and O–H groups in total. The number of aryl methyl sites for hydroxylation is 1. The molecule has 0 amide bonds. The van der Waals surface area contributed by atoms with E-state index in [1.165, 1.54) is 0 Å². The molecule has 1 fully saturated rings. The lowest BCUT2D eigenvalue weighted by atomic mass is 10.0. The van der Waals surface area contributed by atoms with Crippen LogP contribution in [-0.4, -0.2) is 39.2 Å². The van der Waals surface area contributed by atoms with Gasteiger partial charge in [-0.3, -0.25) is 0 Å². The summed E-state index contributed by atoms with van der Waals surface area (Å²) in [5.74, 6) is 0.163. The van der Waals surface area contributed by atoms with Gasteiger partial charge in [-0.2, -0.15) is 0 Å². The van der Waals surface area contributed by atoms with E-state index in [4.69, 9.17) is 4.74 Å². The molecule has 21 heavy (non-hydrogen) atoms. The van der Waals surface area contributed by atoms with Gasteiger partial charge in [0.05, 0.1) is 11.0 Å². The van der Waals surface area contributed by atoms with E-state index in [2.05, 4.69) is 5.32 Å². The Balaban J connectivity index is 2.17. The Hall–Kier alpha value is -0.910. The van der Waals surface area contributed by atoms with Gasteiger partial charge in [-0.1, -0.05) is 31.2 Å². The number of benzene rings is 1. The first-order valence-corrected chi connectivity index (χ1v) is 9.34. The fraction of sp³-hybridized carbons (Fsp3) is 0.625. The van der Waals surface area contributed by atoms with Crippen molar-refractivity contribution in [3.8, 4) is 0 Å². The summed E-state index contributed by atoms with van der Waals surface area (Å²) in [6.45, 7) is 5.90. The molecule has 118 valence electrons. The van der Waals surface area contributed by atoms with Crippen LogP contribution in [0.4, 0.5) is 0 Å². The lowest BCUT2D eigenvalue weighted by Crippen LogP contribution is -2.36. The third-order valence-corrected chi connectivity index (χ3v) is 6.37. The van der Waals surface area contributed by atoms with E-state index in [0.29, 0.717) is 26.1 Å². The van der Waals surface area contributed by atoms with Gasteiger partial charge >= 0.3 is 0 Å². The summed E-state index contributed by atoms with van der Waals surface area (Å²) >= 11 is 0. The molecule has 0 bridgehead atoms. The Morgan fingerprint density at radius 1 is 1.29 bits per heavy atom. The highest BCUT2D eigenvalue weighted by Crippen LogP contribution is 2.24. The number of rotatable bonds is 6. The number of hydrogen-bond donors (Lipinski definition) is 1. The molecule has 1 aromatic carbocycles. The van der Waals surface area contributed by atoms with E-state index < -0.39 is 9.84 Å². The smallest absolute Gasteiger partial charge is 0.155 e. The summed E-state index contributed by atoms with van der Waals surface area (Å²) in [4.78, 5) is 0. The first-order chi connectivity index (χ1) is 10.0. The molecule has 0 aromatic heterocycles. The minimum Gasteiger partial charge on any atom is -0.381 e. The fourth-order valence-electron chi connectivity index (χ4n) is 2.89. The highest BCUT2D eigenvalue weighted by Gasteiger charge is 2.30. The van der Waals surface area contributed by atoms with Gasteiger partial charge in [-0.25, -0.2) is 8.42 Å². The second kappa shape index (κ2) is 7.38. The Kier molecular flexibility index (Phi) is 5.79. The van der Waals surface area contributed by atoms with Crippen LogP contribution >= 0.6 is 0 Å². The van der Waals surface area contributed by atoms with Gasteiger partial charge < -0.3 is 10.1 Å². The van der Waals surface area contributed by atoms with Gasteiger partial charge in [-0.15, -0.1) is 0 Å².